The summed E-state index contributed by atoms with van der Waals surface area (Å²) in [6.45, 7) is 19.8. The van der Waals surface area contributed by atoms with E-state index in [1.165, 1.54) is 21.1 Å². The first-order valence-corrected chi connectivity index (χ1v) is 25.0. The van der Waals surface area contributed by atoms with E-state index in [-0.39, 0.29) is 42.8 Å². The highest BCUT2D eigenvalue weighted by molar-refractivity contribution is 5.83. The number of aliphatic hydroxyl groups is 4. The molecule has 4 N–H and O–H groups in total. The SMILES string of the molecule is CCC1OC(=O)[C@H](C)[C@H](OC2C[C@@](C)(OC)[C@@H](O)[C@H](C)O2)[C@H](C)[C@@H](OC2O[C@H](C)C[C@H](N(C)CCCCc3ccc(-n4cc(C)ccc4=O)cc3)[C@H]2O)[C@@](C)(OC)C[C@@H](C)C(=O)[C@H](C)[C@@H](O)[C@]1(C)O. The van der Waals surface area contributed by atoms with E-state index in [1.54, 1.807) is 58.2 Å². The number of aliphatic hydroxyl groups excluding tert-OH is 3. The zero-order valence-corrected chi connectivity index (χ0v) is 43.6. The summed E-state index contributed by atoms with van der Waals surface area (Å²) < 4.78 is 46.4. The molecular weight excluding hydrogens is 889 g/mol. The molecule has 1 aromatic carbocycles. The summed E-state index contributed by atoms with van der Waals surface area (Å²) in [6, 6.07) is 11.1. The molecule has 2 aromatic rings. The Balaban J connectivity index is 1.43. The number of Topliss-reactive ketones (excluding diaryl/α,β-unsaturated/α-hetero) is 1. The maximum absolute atomic E-state index is 14.4. The molecule has 3 fully saturated rings. The highest BCUT2D eigenvalue weighted by Crippen LogP contribution is 2.42. The molecule has 1 aromatic heterocycles. The Morgan fingerprint density at radius 2 is 1.48 bits per heavy atom. The lowest BCUT2D eigenvalue weighted by Gasteiger charge is -2.50. The fourth-order valence-electron chi connectivity index (χ4n) is 11.0. The van der Waals surface area contributed by atoms with Crippen molar-refractivity contribution in [3.05, 3.63) is 64.1 Å². The second-order valence-corrected chi connectivity index (χ2v) is 21.2. The van der Waals surface area contributed by atoms with Crippen LogP contribution in [0.2, 0.25) is 0 Å². The number of carbonyl (C=O) groups excluding carboxylic acids is 2. The first-order chi connectivity index (χ1) is 32.3. The van der Waals surface area contributed by atoms with Crippen molar-refractivity contribution < 1.29 is 63.2 Å². The number of aromatic nitrogens is 1. The van der Waals surface area contributed by atoms with Crippen LogP contribution in [0.4, 0.5) is 0 Å². The molecule has 18 atom stereocenters. The molecule has 0 spiro atoms. The number of carbonyl (C=O) groups is 2. The molecule has 3 saturated heterocycles. The van der Waals surface area contributed by atoms with Gasteiger partial charge in [-0.2, -0.15) is 0 Å². The van der Waals surface area contributed by atoms with Gasteiger partial charge in [0.15, 0.2) is 12.6 Å². The molecule has 0 radical (unpaired) electrons. The van der Waals surface area contributed by atoms with E-state index in [2.05, 4.69) is 17.0 Å². The summed E-state index contributed by atoms with van der Waals surface area (Å²) >= 11 is 0. The average Bonchev–Trinajstić information content (AvgIpc) is 3.32. The fraction of sp³-hybridized carbons (Fsp3) is 0.755. The Morgan fingerprint density at radius 1 is 0.826 bits per heavy atom. The minimum absolute atomic E-state index is 0.0800. The first kappa shape index (κ1) is 56.8. The van der Waals surface area contributed by atoms with E-state index < -0.39 is 102 Å². The molecule has 0 bridgehead atoms. The van der Waals surface area contributed by atoms with Gasteiger partial charge in [-0.25, -0.2) is 0 Å². The van der Waals surface area contributed by atoms with E-state index in [9.17, 15) is 34.8 Å². The van der Waals surface area contributed by atoms with Crippen LogP contribution >= 0.6 is 0 Å². The normalized spacial score (nSPS) is 39.8. The topological polar surface area (TPSA) is 205 Å². The number of esters is 1. The Bertz CT molecular complexity index is 2050. The molecule has 0 saturated carbocycles. The van der Waals surface area contributed by atoms with Crippen molar-refractivity contribution in [1.82, 2.24) is 9.47 Å². The molecule has 0 aliphatic carbocycles. The van der Waals surface area contributed by atoms with Crippen molar-refractivity contribution in [1.29, 1.82) is 0 Å². The van der Waals surface area contributed by atoms with Crippen molar-refractivity contribution in [3.8, 4) is 5.69 Å². The van der Waals surface area contributed by atoms with Gasteiger partial charge in [-0.1, -0.05) is 45.9 Å². The Kier molecular flexibility index (Phi) is 19.4. The summed E-state index contributed by atoms with van der Waals surface area (Å²) in [5, 5.41) is 46.7. The number of ether oxygens (including phenoxy) is 7. The number of likely N-dealkylation sites (N-methyl/N-ethyl adjacent to an activating group) is 1. The number of methoxy groups -OCH3 is 2. The quantitative estimate of drug-likeness (QED) is 0.140. The van der Waals surface area contributed by atoms with Gasteiger partial charge in [0.25, 0.3) is 5.56 Å². The lowest BCUT2D eigenvalue weighted by atomic mass is 9.74. The Morgan fingerprint density at radius 3 is 2.10 bits per heavy atom. The predicted molar refractivity (Wildman–Crippen MR) is 260 cm³/mol. The van der Waals surface area contributed by atoms with Crippen LogP contribution < -0.4 is 5.56 Å². The van der Waals surface area contributed by atoms with Gasteiger partial charge in [0.2, 0.25) is 0 Å². The summed E-state index contributed by atoms with van der Waals surface area (Å²) in [5.41, 5.74) is -1.46. The summed E-state index contributed by atoms with van der Waals surface area (Å²) in [7, 11) is 5.00. The van der Waals surface area contributed by atoms with Gasteiger partial charge in [-0.15, -0.1) is 0 Å². The Hall–Kier alpha value is -3.13. The minimum atomic E-state index is -1.99. The molecule has 5 rings (SSSR count). The molecule has 69 heavy (non-hydrogen) atoms. The van der Waals surface area contributed by atoms with E-state index in [0.29, 0.717) is 13.0 Å². The van der Waals surface area contributed by atoms with Crippen molar-refractivity contribution in [2.24, 2.45) is 23.7 Å². The molecule has 16 nitrogen and oxygen atoms in total. The zero-order valence-electron chi connectivity index (χ0n) is 43.6. The van der Waals surface area contributed by atoms with Crippen molar-refractivity contribution in [2.75, 3.05) is 27.8 Å². The number of aryl methyl sites for hydroxylation is 2. The van der Waals surface area contributed by atoms with Crippen molar-refractivity contribution in [2.45, 2.75) is 205 Å². The van der Waals surface area contributed by atoms with Crippen LogP contribution in [0, 0.1) is 30.6 Å². The summed E-state index contributed by atoms with van der Waals surface area (Å²) in [5.74, 6) is -4.65. The smallest absolute Gasteiger partial charge is 0.311 e. The first-order valence-electron chi connectivity index (χ1n) is 25.0. The van der Waals surface area contributed by atoms with Crippen molar-refractivity contribution >= 4 is 11.8 Å². The standard InChI is InChI=1S/C53H84N2O14/c1-15-40-53(11,62)46(59)33(5)43(57)31(3)27-52(10,64-14)48(34(6)45(35(7)49(61)67-40)68-42-28-51(9,63-13)47(60)36(8)66-42)69-50-44(58)39(26-32(4)65-50)54(12)25-17-16-18-37-20-22-38(23-21-37)55-29-30(2)19-24-41(55)56/h19-24,29,31-36,39-40,42,44-48,50,58-60,62H,15-18,25-28H2,1-14H3/t31-,32-,33+,34+,35-,36+,39+,40?,42?,44-,45-,46-,47+,48-,50?,51-,52+,53-/m1/s1. The molecule has 16 heteroatoms. The number of rotatable bonds is 14. The number of unbranched alkanes of at least 4 members (excludes halogenated alkanes) is 1. The third-order valence-corrected chi connectivity index (χ3v) is 15.7. The molecule has 3 aliphatic heterocycles. The molecular formula is C53H84N2O14. The number of ketones is 1. The van der Waals surface area contributed by atoms with Gasteiger partial charge < -0.3 is 58.5 Å². The predicted octanol–water partition coefficient (Wildman–Crippen LogP) is 5.29. The summed E-state index contributed by atoms with van der Waals surface area (Å²) in [6.07, 6.45) is -4.85. The number of hydrogen-bond donors (Lipinski definition) is 4. The number of benzene rings is 1. The van der Waals surface area contributed by atoms with Gasteiger partial charge in [0.05, 0.1) is 47.6 Å². The molecule has 4 heterocycles. The number of cyclic esters (lactones) is 1. The third kappa shape index (κ3) is 12.9. The number of nitrogens with zero attached hydrogens (tertiary/aromatic N) is 2. The van der Waals surface area contributed by atoms with Crippen LogP contribution in [0.5, 0.6) is 0 Å². The zero-order chi connectivity index (χ0) is 51.3. The highest BCUT2D eigenvalue weighted by atomic mass is 16.7. The lowest BCUT2D eigenvalue weighted by Crippen LogP contribution is -2.61. The molecule has 3 unspecified atom stereocenters. The van der Waals surface area contributed by atoms with Crippen LogP contribution in [0.3, 0.4) is 0 Å². The van der Waals surface area contributed by atoms with Gasteiger partial charge in [0.1, 0.15) is 29.7 Å². The minimum Gasteiger partial charge on any atom is -0.459 e. The summed E-state index contributed by atoms with van der Waals surface area (Å²) in [4.78, 5) is 43.3. The number of pyridine rings is 1. The van der Waals surface area contributed by atoms with Crippen LogP contribution in [0.15, 0.2) is 47.4 Å². The van der Waals surface area contributed by atoms with E-state index >= 15 is 0 Å². The van der Waals surface area contributed by atoms with Gasteiger partial charge in [-0.3, -0.25) is 19.0 Å². The largest absolute Gasteiger partial charge is 0.459 e. The van der Waals surface area contributed by atoms with Crippen LogP contribution in [-0.2, 0) is 49.2 Å². The molecule has 390 valence electrons. The van der Waals surface area contributed by atoms with Gasteiger partial charge >= 0.3 is 5.97 Å². The van der Waals surface area contributed by atoms with Crippen molar-refractivity contribution in [3.63, 3.8) is 0 Å². The number of hydrogen-bond acceptors (Lipinski definition) is 15. The van der Waals surface area contributed by atoms with E-state index in [4.69, 9.17) is 33.2 Å². The second kappa shape index (κ2) is 23.6. The Labute approximate surface area is 409 Å². The van der Waals surface area contributed by atoms with E-state index in [0.717, 1.165) is 36.1 Å². The van der Waals surface area contributed by atoms with Gasteiger partial charge in [-0.05, 0) is 124 Å². The third-order valence-electron chi connectivity index (χ3n) is 15.7. The lowest BCUT2D eigenvalue weighted by molar-refractivity contribution is -0.319. The average molecular weight is 973 g/mol. The molecule has 3 aliphatic rings. The highest BCUT2D eigenvalue weighted by Gasteiger charge is 2.54. The second-order valence-electron chi connectivity index (χ2n) is 21.2. The monoisotopic (exact) mass is 973 g/mol. The van der Waals surface area contributed by atoms with E-state index in [1.807, 2.05) is 53.1 Å². The van der Waals surface area contributed by atoms with Crippen LogP contribution in [0.1, 0.15) is 119 Å². The van der Waals surface area contributed by atoms with Gasteiger partial charge in [0, 0.05) is 62.4 Å². The fourth-order valence-corrected chi connectivity index (χ4v) is 11.0. The maximum Gasteiger partial charge on any atom is 0.311 e. The van der Waals surface area contributed by atoms with Crippen LogP contribution in [-0.4, -0.2) is 154 Å². The van der Waals surface area contributed by atoms with Crippen LogP contribution in [0.25, 0.3) is 5.69 Å². The maximum atomic E-state index is 14.4. The molecule has 0 amide bonds.